The van der Waals surface area contributed by atoms with Gasteiger partial charge in [-0.15, -0.1) is 0 Å². The number of nitrogens with zero attached hydrogens (tertiary/aromatic N) is 1. The van der Waals surface area contributed by atoms with Gasteiger partial charge < -0.3 is 15.5 Å². The summed E-state index contributed by atoms with van der Waals surface area (Å²) in [5.41, 5.74) is 3.76. The number of nitrogens with one attached hydrogen (secondary N) is 2. The van der Waals surface area contributed by atoms with E-state index in [9.17, 15) is 9.18 Å². The van der Waals surface area contributed by atoms with Gasteiger partial charge in [0, 0.05) is 53.4 Å². The summed E-state index contributed by atoms with van der Waals surface area (Å²) in [5, 5.41) is 5.88. The standard InChI is InChI=1S/C19H18FN3OS/c20-13-1-6-18-16(11-13)17(19(24)22-18)12-21-14-2-4-15(5-3-14)23-7-9-25-10-8-23/h1-6,11-12,21H,7-10H2,(H,22,24)/b17-12+. The van der Waals surface area contributed by atoms with E-state index in [1.54, 1.807) is 12.3 Å². The number of anilines is 3. The Hall–Kier alpha value is -2.47. The van der Waals surface area contributed by atoms with E-state index in [4.69, 9.17) is 0 Å². The minimum atomic E-state index is -0.356. The van der Waals surface area contributed by atoms with Gasteiger partial charge in [0.2, 0.25) is 0 Å². The van der Waals surface area contributed by atoms with Crippen LogP contribution in [0.3, 0.4) is 0 Å². The summed E-state index contributed by atoms with van der Waals surface area (Å²) in [6.07, 6.45) is 1.63. The normalized spacial score (nSPS) is 18.2. The Morgan fingerprint density at radius 1 is 1.12 bits per heavy atom. The molecule has 0 aliphatic carbocycles. The maximum Gasteiger partial charge on any atom is 0.257 e. The topological polar surface area (TPSA) is 44.4 Å². The van der Waals surface area contributed by atoms with E-state index in [0.717, 1.165) is 30.3 Å². The highest BCUT2D eigenvalue weighted by molar-refractivity contribution is 7.99. The molecule has 0 radical (unpaired) electrons. The Labute approximate surface area is 150 Å². The molecule has 1 fully saturated rings. The second-order valence-electron chi connectivity index (χ2n) is 5.99. The molecule has 0 aromatic heterocycles. The molecule has 2 N–H and O–H groups in total. The molecule has 1 saturated heterocycles. The van der Waals surface area contributed by atoms with E-state index < -0.39 is 0 Å². The fraction of sp³-hybridized carbons (Fsp3) is 0.211. The average molecular weight is 355 g/mol. The van der Waals surface area contributed by atoms with Crippen LogP contribution in [0.5, 0.6) is 0 Å². The van der Waals surface area contributed by atoms with Crippen molar-refractivity contribution in [2.45, 2.75) is 0 Å². The zero-order chi connectivity index (χ0) is 17.2. The van der Waals surface area contributed by atoms with Crippen molar-refractivity contribution in [1.29, 1.82) is 0 Å². The molecule has 128 valence electrons. The van der Waals surface area contributed by atoms with Gasteiger partial charge in [-0.3, -0.25) is 4.79 Å². The molecule has 2 aliphatic rings. The van der Waals surface area contributed by atoms with Gasteiger partial charge in [0.25, 0.3) is 5.91 Å². The lowest BCUT2D eigenvalue weighted by atomic mass is 10.1. The SMILES string of the molecule is O=C1Nc2ccc(F)cc2/C1=C\Nc1ccc(N2CCSCC2)cc1. The first kappa shape index (κ1) is 16.0. The lowest BCUT2D eigenvalue weighted by Crippen LogP contribution is -2.32. The van der Waals surface area contributed by atoms with Crippen LogP contribution in [0.4, 0.5) is 21.5 Å². The fourth-order valence-electron chi connectivity index (χ4n) is 3.05. The molecule has 2 aliphatic heterocycles. The van der Waals surface area contributed by atoms with Crippen molar-refractivity contribution in [3.63, 3.8) is 0 Å². The number of halogens is 1. The number of fused-ring (bicyclic) bond motifs is 1. The molecule has 2 aromatic rings. The molecule has 4 rings (SSSR count). The van der Waals surface area contributed by atoms with Gasteiger partial charge in [-0.25, -0.2) is 4.39 Å². The molecule has 0 bridgehead atoms. The van der Waals surface area contributed by atoms with Crippen molar-refractivity contribution in [1.82, 2.24) is 0 Å². The molecule has 4 nitrogen and oxygen atoms in total. The quantitative estimate of drug-likeness (QED) is 0.823. The van der Waals surface area contributed by atoms with Crippen LogP contribution in [0.15, 0.2) is 48.7 Å². The predicted octanol–water partition coefficient (Wildman–Crippen LogP) is 3.78. The largest absolute Gasteiger partial charge is 0.370 e. The van der Waals surface area contributed by atoms with Crippen LogP contribution in [-0.4, -0.2) is 30.5 Å². The third kappa shape index (κ3) is 3.35. The zero-order valence-electron chi connectivity index (χ0n) is 13.6. The summed E-state index contributed by atoms with van der Waals surface area (Å²) < 4.78 is 13.5. The number of thioether (sulfide) groups is 1. The highest BCUT2D eigenvalue weighted by Gasteiger charge is 2.24. The number of benzene rings is 2. The van der Waals surface area contributed by atoms with E-state index in [1.165, 1.54) is 17.8 Å². The third-order valence-electron chi connectivity index (χ3n) is 4.39. The summed E-state index contributed by atoms with van der Waals surface area (Å²) in [5.74, 6) is 1.75. The maximum atomic E-state index is 13.5. The van der Waals surface area contributed by atoms with E-state index in [1.807, 2.05) is 23.9 Å². The van der Waals surface area contributed by atoms with Gasteiger partial charge in [0.05, 0.1) is 5.57 Å². The lowest BCUT2D eigenvalue weighted by Gasteiger charge is -2.28. The minimum absolute atomic E-state index is 0.226. The molecular formula is C19H18FN3OS. The molecule has 2 aromatic carbocycles. The Balaban J connectivity index is 1.50. The number of rotatable bonds is 3. The Bertz CT molecular complexity index is 829. The second-order valence-corrected chi connectivity index (χ2v) is 7.22. The predicted molar refractivity (Wildman–Crippen MR) is 103 cm³/mol. The first-order chi connectivity index (χ1) is 12.2. The van der Waals surface area contributed by atoms with Crippen LogP contribution >= 0.6 is 11.8 Å². The molecule has 25 heavy (non-hydrogen) atoms. The monoisotopic (exact) mass is 355 g/mol. The molecule has 6 heteroatoms. The molecule has 0 spiro atoms. The van der Waals surface area contributed by atoms with Crippen LogP contribution in [0.1, 0.15) is 5.56 Å². The van der Waals surface area contributed by atoms with E-state index in [-0.39, 0.29) is 11.7 Å². The zero-order valence-corrected chi connectivity index (χ0v) is 14.4. The smallest absolute Gasteiger partial charge is 0.257 e. The Morgan fingerprint density at radius 2 is 1.88 bits per heavy atom. The van der Waals surface area contributed by atoms with Gasteiger partial charge in [0.1, 0.15) is 5.82 Å². The van der Waals surface area contributed by atoms with Crippen LogP contribution in [-0.2, 0) is 4.79 Å². The molecule has 2 heterocycles. The number of carbonyl (C=O) groups is 1. The van der Waals surface area contributed by atoms with Crippen molar-refractivity contribution in [2.24, 2.45) is 0 Å². The first-order valence-corrected chi connectivity index (χ1v) is 9.37. The third-order valence-corrected chi connectivity index (χ3v) is 5.33. The van der Waals surface area contributed by atoms with Gasteiger partial charge >= 0.3 is 0 Å². The fourth-order valence-corrected chi connectivity index (χ4v) is 3.95. The molecule has 0 saturated carbocycles. The number of hydrogen-bond acceptors (Lipinski definition) is 4. The first-order valence-electron chi connectivity index (χ1n) is 8.21. The van der Waals surface area contributed by atoms with Crippen LogP contribution in [0.25, 0.3) is 5.57 Å². The molecule has 0 atom stereocenters. The molecular weight excluding hydrogens is 337 g/mol. The van der Waals surface area contributed by atoms with Crippen LogP contribution < -0.4 is 15.5 Å². The van der Waals surface area contributed by atoms with Crippen molar-refractivity contribution in [2.75, 3.05) is 40.1 Å². The van der Waals surface area contributed by atoms with Crippen molar-refractivity contribution in [3.8, 4) is 0 Å². The summed E-state index contributed by atoms with van der Waals surface area (Å²) in [6, 6.07) is 12.4. The maximum absolute atomic E-state index is 13.5. The number of amides is 1. The number of carbonyl (C=O) groups excluding carboxylic acids is 1. The van der Waals surface area contributed by atoms with E-state index >= 15 is 0 Å². The van der Waals surface area contributed by atoms with Crippen molar-refractivity contribution in [3.05, 3.63) is 60.0 Å². The van der Waals surface area contributed by atoms with Crippen LogP contribution in [0.2, 0.25) is 0 Å². The average Bonchev–Trinajstić information content (AvgIpc) is 2.96. The van der Waals surface area contributed by atoms with Crippen LogP contribution in [0, 0.1) is 5.82 Å². The van der Waals surface area contributed by atoms with Crippen molar-refractivity contribution >= 4 is 40.3 Å². The highest BCUT2D eigenvalue weighted by Crippen LogP contribution is 2.32. The second kappa shape index (κ2) is 6.80. The summed E-state index contributed by atoms with van der Waals surface area (Å²) in [7, 11) is 0. The van der Waals surface area contributed by atoms with Gasteiger partial charge in [-0.2, -0.15) is 11.8 Å². The highest BCUT2D eigenvalue weighted by atomic mass is 32.2. The molecule has 1 amide bonds. The van der Waals surface area contributed by atoms with Crippen molar-refractivity contribution < 1.29 is 9.18 Å². The summed E-state index contributed by atoms with van der Waals surface area (Å²) in [6.45, 7) is 2.15. The van der Waals surface area contributed by atoms with Gasteiger partial charge in [-0.1, -0.05) is 0 Å². The van der Waals surface area contributed by atoms with E-state index in [0.29, 0.717) is 16.8 Å². The molecule has 0 unspecified atom stereocenters. The minimum Gasteiger partial charge on any atom is -0.370 e. The van der Waals surface area contributed by atoms with E-state index in [2.05, 4.69) is 27.7 Å². The Kier molecular flexibility index (Phi) is 4.36. The summed E-state index contributed by atoms with van der Waals surface area (Å²) in [4.78, 5) is 14.5. The summed E-state index contributed by atoms with van der Waals surface area (Å²) >= 11 is 1.99. The lowest BCUT2D eigenvalue weighted by molar-refractivity contribution is -0.110. The Morgan fingerprint density at radius 3 is 2.64 bits per heavy atom. The van der Waals surface area contributed by atoms with Gasteiger partial charge in [-0.05, 0) is 42.5 Å². The number of hydrogen-bond donors (Lipinski definition) is 2. The van der Waals surface area contributed by atoms with Gasteiger partial charge in [0.15, 0.2) is 0 Å².